The molecule has 0 aromatic heterocycles. The molecule has 1 aliphatic heterocycles. The van der Waals surface area contributed by atoms with Gasteiger partial charge in [0.25, 0.3) is 0 Å². The average molecular weight is 73.1 g/mol. The van der Waals surface area contributed by atoms with Gasteiger partial charge >= 0.3 is 0 Å². The summed E-state index contributed by atoms with van der Waals surface area (Å²) < 4.78 is 0. The first kappa shape index (κ1) is 4.92. The highest BCUT2D eigenvalue weighted by Crippen LogP contribution is 1.80. The molecule has 0 bridgehead atoms. The number of hydrogen-bond donors (Lipinski definition) is 1. The molecule has 2 heteroatoms. The molecule has 0 spiro atoms. The van der Waals surface area contributed by atoms with Crippen molar-refractivity contribution in [3.8, 4) is 0 Å². The fourth-order valence-electron chi connectivity index (χ4n) is 0.177. The lowest BCUT2D eigenvalue weighted by Crippen LogP contribution is -2.29. The monoisotopic (exact) mass is 73.1 g/mol. The van der Waals surface area contributed by atoms with E-state index in [4.69, 9.17) is 0 Å². The van der Waals surface area contributed by atoms with Crippen molar-refractivity contribution in [2.45, 2.75) is 6.42 Å². The maximum Gasteiger partial charge on any atom is 0 e. The summed E-state index contributed by atoms with van der Waals surface area (Å²) in [5.41, 5.74) is 0. The van der Waals surface area contributed by atoms with Gasteiger partial charge in [-0.25, -0.2) is 0 Å². The summed E-state index contributed by atoms with van der Waals surface area (Å²) >= 11 is 0. The lowest BCUT2D eigenvalue weighted by molar-refractivity contribution is 0.527. The van der Waals surface area contributed by atoms with E-state index in [0.717, 1.165) is 0 Å². The fourth-order valence-corrected chi connectivity index (χ4v) is 0.177. The first-order valence-corrected chi connectivity index (χ1v) is 1.71. The van der Waals surface area contributed by atoms with Gasteiger partial charge in [-0.05, 0) is 19.5 Å². The van der Waals surface area contributed by atoms with E-state index >= 15 is 0 Å². The van der Waals surface area contributed by atoms with E-state index in [1.807, 2.05) is 0 Å². The second kappa shape index (κ2) is 2.18. The fraction of sp³-hybridized carbons (Fsp3) is 1.00. The van der Waals surface area contributed by atoms with Gasteiger partial charge in [-0.3, -0.25) is 0 Å². The van der Waals surface area contributed by atoms with Crippen LogP contribution in [0.2, 0.25) is 0 Å². The summed E-state index contributed by atoms with van der Waals surface area (Å²) in [5, 5.41) is 3.11. The topological polar surface area (TPSA) is 40.5 Å². The van der Waals surface area contributed by atoms with Crippen molar-refractivity contribution in [3.63, 3.8) is 0 Å². The molecule has 1 fully saturated rings. The van der Waals surface area contributed by atoms with Gasteiger partial charge in [-0.1, -0.05) is 0 Å². The molecule has 1 N–H and O–H groups in total. The van der Waals surface area contributed by atoms with E-state index in [0.29, 0.717) is 0 Å². The van der Waals surface area contributed by atoms with Crippen molar-refractivity contribution in [1.29, 1.82) is 0 Å². The molecule has 2 radical (unpaired) electrons. The lowest BCUT2D eigenvalue weighted by Gasteiger charge is -2.09. The van der Waals surface area contributed by atoms with E-state index < -0.39 is 0 Å². The summed E-state index contributed by atoms with van der Waals surface area (Å²) in [6, 6.07) is 0. The summed E-state index contributed by atoms with van der Waals surface area (Å²) in [4.78, 5) is 0. The molecule has 0 aliphatic carbocycles. The predicted octanol–water partition coefficient (Wildman–Crippen LogP) is -0.139. The van der Waals surface area contributed by atoms with Crippen molar-refractivity contribution in [3.05, 3.63) is 0 Å². The molecule has 2 nitrogen and oxygen atoms in total. The number of rotatable bonds is 0. The van der Waals surface area contributed by atoms with Crippen LogP contribution in [0, 0.1) is 0 Å². The predicted molar refractivity (Wildman–Crippen MR) is 18.2 cm³/mol. The normalized spacial score (nSPS) is 19.2. The molecule has 1 heterocycles. The van der Waals surface area contributed by atoms with E-state index in [2.05, 4.69) is 5.32 Å². The first-order chi connectivity index (χ1) is 2.00. The SMILES string of the molecule is C1CNC1.[O]. The molecule has 0 saturated carbocycles. The molecular formula is C3H7NO. The Morgan fingerprint density at radius 1 is 1.20 bits per heavy atom. The highest BCUT2D eigenvalue weighted by atomic mass is 16.0. The van der Waals surface area contributed by atoms with Crippen molar-refractivity contribution < 1.29 is 5.48 Å². The molecule has 1 saturated heterocycles. The standard InChI is InChI=1S/C3H7N.O/c1-2-4-3-1;/h4H,1-3H2;. The third-order valence-electron chi connectivity index (χ3n) is 0.707. The summed E-state index contributed by atoms with van der Waals surface area (Å²) in [6.07, 6.45) is 1.39. The Bertz CT molecular complexity index is 14.9. The zero-order valence-electron chi connectivity index (χ0n) is 3.03. The molecule has 0 atom stereocenters. The van der Waals surface area contributed by atoms with Crippen LogP contribution in [0.4, 0.5) is 0 Å². The summed E-state index contributed by atoms with van der Waals surface area (Å²) in [6.45, 7) is 2.50. The third-order valence-corrected chi connectivity index (χ3v) is 0.707. The molecule has 1 aliphatic rings. The quantitative estimate of drug-likeness (QED) is 0.426. The van der Waals surface area contributed by atoms with Crippen molar-refractivity contribution in [2.75, 3.05) is 13.1 Å². The Balaban J connectivity index is 0.000000160. The minimum atomic E-state index is 0. The maximum atomic E-state index is 3.11. The highest BCUT2D eigenvalue weighted by molar-refractivity contribution is 4.56. The minimum absolute atomic E-state index is 0. The lowest BCUT2D eigenvalue weighted by atomic mass is 10.3. The van der Waals surface area contributed by atoms with Gasteiger partial charge in [0.1, 0.15) is 0 Å². The first-order valence-electron chi connectivity index (χ1n) is 1.71. The molecule has 0 amide bonds. The van der Waals surface area contributed by atoms with Crippen LogP contribution < -0.4 is 5.32 Å². The van der Waals surface area contributed by atoms with Crippen LogP contribution in [-0.2, 0) is 5.48 Å². The van der Waals surface area contributed by atoms with Gasteiger partial charge in [-0.15, -0.1) is 0 Å². The summed E-state index contributed by atoms with van der Waals surface area (Å²) in [5.74, 6) is 0. The zero-order valence-corrected chi connectivity index (χ0v) is 3.03. The molecule has 0 unspecified atom stereocenters. The van der Waals surface area contributed by atoms with E-state index in [1.54, 1.807) is 0 Å². The van der Waals surface area contributed by atoms with Crippen molar-refractivity contribution in [2.24, 2.45) is 0 Å². The Morgan fingerprint density at radius 3 is 1.40 bits per heavy atom. The van der Waals surface area contributed by atoms with Crippen LogP contribution in [0.15, 0.2) is 0 Å². The Labute approximate surface area is 31.5 Å². The molecule has 0 aromatic rings. The van der Waals surface area contributed by atoms with Crippen LogP contribution in [-0.4, -0.2) is 13.1 Å². The van der Waals surface area contributed by atoms with Crippen LogP contribution >= 0.6 is 0 Å². The van der Waals surface area contributed by atoms with Gasteiger partial charge < -0.3 is 5.32 Å². The van der Waals surface area contributed by atoms with Crippen LogP contribution in [0.5, 0.6) is 0 Å². The highest BCUT2D eigenvalue weighted by Gasteiger charge is 1.92. The number of nitrogens with one attached hydrogen (secondary N) is 1. The number of hydrogen-bond acceptors (Lipinski definition) is 1. The average Bonchev–Trinajstić information content (AvgIpc) is 0.722. The van der Waals surface area contributed by atoms with Crippen LogP contribution in [0.25, 0.3) is 0 Å². The smallest absolute Gasteiger partial charge is 0 e. The Hall–Kier alpha value is -0.0800. The third kappa shape index (κ3) is 0.940. The van der Waals surface area contributed by atoms with Crippen LogP contribution in [0.1, 0.15) is 6.42 Å². The van der Waals surface area contributed by atoms with E-state index in [9.17, 15) is 0 Å². The second-order valence-electron chi connectivity index (χ2n) is 1.10. The van der Waals surface area contributed by atoms with E-state index in [-0.39, 0.29) is 5.48 Å². The molecule has 1 rings (SSSR count). The molecule has 0 aromatic carbocycles. The zero-order chi connectivity index (χ0) is 2.83. The van der Waals surface area contributed by atoms with Crippen LogP contribution in [0.3, 0.4) is 0 Å². The molecular weight excluding hydrogens is 66.0 g/mol. The molecule has 5 heavy (non-hydrogen) atoms. The van der Waals surface area contributed by atoms with Gasteiger partial charge in [-0.2, -0.15) is 0 Å². The van der Waals surface area contributed by atoms with Gasteiger partial charge in [0, 0.05) is 5.48 Å². The van der Waals surface area contributed by atoms with Gasteiger partial charge in [0.2, 0.25) is 0 Å². The summed E-state index contributed by atoms with van der Waals surface area (Å²) in [7, 11) is 0. The Morgan fingerprint density at radius 2 is 1.40 bits per heavy atom. The van der Waals surface area contributed by atoms with Crippen molar-refractivity contribution in [1.82, 2.24) is 5.32 Å². The minimum Gasteiger partial charge on any atom is -0.317 e. The molecule has 30 valence electrons. The largest absolute Gasteiger partial charge is 0.317 e. The van der Waals surface area contributed by atoms with Gasteiger partial charge in [0.05, 0.1) is 0 Å². The Kier molecular flexibility index (Phi) is 2.14. The van der Waals surface area contributed by atoms with Crippen molar-refractivity contribution >= 4 is 0 Å². The van der Waals surface area contributed by atoms with E-state index in [1.165, 1.54) is 19.5 Å². The maximum absolute atomic E-state index is 3.11. The second-order valence-corrected chi connectivity index (χ2v) is 1.10. The van der Waals surface area contributed by atoms with Gasteiger partial charge in [0.15, 0.2) is 0 Å².